The van der Waals surface area contributed by atoms with Gasteiger partial charge in [0.15, 0.2) is 5.69 Å². The fourth-order valence-corrected chi connectivity index (χ4v) is 3.70. The van der Waals surface area contributed by atoms with Gasteiger partial charge in [-0.05, 0) is 49.9 Å². The molecule has 0 aliphatic carbocycles. The number of carboxylic acid groups (broad SMARTS) is 1. The van der Waals surface area contributed by atoms with Crippen LogP contribution in [0.3, 0.4) is 0 Å². The van der Waals surface area contributed by atoms with Crippen molar-refractivity contribution in [2.75, 3.05) is 13.1 Å². The first-order chi connectivity index (χ1) is 13.5. The molecular formula is C20H21N5O3. The molecule has 8 heteroatoms. The largest absolute Gasteiger partial charge is 0.481 e. The van der Waals surface area contributed by atoms with E-state index in [4.69, 9.17) is 5.11 Å². The summed E-state index contributed by atoms with van der Waals surface area (Å²) in [6, 6.07) is 9.65. The highest BCUT2D eigenvalue weighted by Crippen LogP contribution is 2.23. The lowest BCUT2D eigenvalue weighted by atomic mass is 9.93. The number of aliphatic carboxylic acids is 1. The smallest absolute Gasteiger partial charge is 0.303 e. The molecule has 0 spiro atoms. The molecule has 1 fully saturated rings. The highest BCUT2D eigenvalue weighted by molar-refractivity contribution is 5.93. The van der Waals surface area contributed by atoms with Gasteiger partial charge in [0.25, 0.3) is 5.91 Å². The van der Waals surface area contributed by atoms with E-state index in [-0.39, 0.29) is 18.2 Å². The van der Waals surface area contributed by atoms with E-state index in [1.165, 1.54) is 0 Å². The Kier molecular flexibility index (Phi) is 4.77. The number of likely N-dealkylation sites (tertiary alicyclic amines) is 1. The number of hydrogen-bond donors (Lipinski definition) is 1. The summed E-state index contributed by atoms with van der Waals surface area (Å²) in [5.74, 6) is -0.807. The Balaban J connectivity index is 1.53. The number of hydrogen-bond acceptors (Lipinski definition) is 5. The van der Waals surface area contributed by atoms with Crippen molar-refractivity contribution in [3.05, 3.63) is 47.9 Å². The molecule has 3 aromatic rings. The zero-order valence-corrected chi connectivity index (χ0v) is 15.6. The average Bonchev–Trinajstić information content (AvgIpc) is 3.08. The van der Waals surface area contributed by atoms with Crippen LogP contribution in [0.25, 0.3) is 16.6 Å². The molecule has 144 valence electrons. The minimum absolute atomic E-state index is 0.129. The average molecular weight is 379 g/mol. The van der Waals surface area contributed by atoms with Crippen molar-refractivity contribution in [1.29, 1.82) is 0 Å². The number of nitrogens with zero attached hydrogens (tertiary/aromatic N) is 5. The maximum absolute atomic E-state index is 12.9. The van der Waals surface area contributed by atoms with Crippen molar-refractivity contribution in [2.24, 2.45) is 5.92 Å². The minimum Gasteiger partial charge on any atom is -0.481 e. The Bertz CT molecular complexity index is 1040. The Hall–Kier alpha value is -3.29. The van der Waals surface area contributed by atoms with Gasteiger partial charge in [0, 0.05) is 31.1 Å². The van der Waals surface area contributed by atoms with E-state index in [1.54, 1.807) is 15.8 Å². The first-order valence-electron chi connectivity index (χ1n) is 9.31. The number of piperidine rings is 1. The molecule has 0 saturated carbocycles. The van der Waals surface area contributed by atoms with E-state index in [1.807, 2.05) is 37.3 Å². The number of carbonyl (C=O) groups is 2. The molecule has 4 rings (SSSR count). The van der Waals surface area contributed by atoms with Crippen LogP contribution < -0.4 is 0 Å². The quantitative estimate of drug-likeness (QED) is 0.747. The van der Waals surface area contributed by atoms with E-state index in [0.717, 1.165) is 16.6 Å². The second kappa shape index (κ2) is 7.38. The lowest BCUT2D eigenvalue weighted by Gasteiger charge is -2.30. The molecule has 8 nitrogen and oxygen atoms in total. The third kappa shape index (κ3) is 3.45. The number of rotatable bonds is 4. The van der Waals surface area contributed by atoms with Crippen molar-refractivity contribution < 1.29 is 14.7 Å². The predicted octanol–water partition coefficient (Wildman–Crippen LogP) is 2.45. The molecule has 2 aromatic heterocycles. The number of aromatic nitrogens is 4. The van der Waals surface area contributed by atoms with Crippen LogP contribution in [-0.2, 0) is 4.79 Å². The van der Waals surface area contributed by atoms with E-state index in [2.05, 4.69) is 15.3 Å². The summed E-state index contributed by atoms with van der Waals surface area (Å²) in [5, 5.41) is 18.2. The highest BCUT2D eigenvalue weighted by atomic mass is 16.4. The molecule has 1 saturated heterocycles. The van der Waals surface area contributed by atoms with Gasteiger partial charge in [-0.15, -0.1) is 5.10 Å². The zero-order chi connectivity index (χ0) is 19.7. The zero-order valence-electron chi connectivity index (χ0n) is 15.6. The molecular weight excluding hydrogens is 358 g/mol. The molecule has 3 heterocycles. The van der Waals surface area contributed by atoms with Crippen molar-refractivity contribution in [1.82, 2.24) is 24.9 Å². The second-order valence-electron chi connectivity index (χ2n) is 7.15. The summed E-state index contributed by atoms with van der Waals surface area (Å²) in [6.07, 6.45) is 3.30. The van der Waals surface area contributed by atoms with Crippen LogP contribution in [0.2, 0.25) is 0 Å². The number of pyridine rings is 1. The van der Waals surface area contributed by atoms with Gasteiger partial charge in [-0.3, -0.25) is 14.6 Å². The van der Waals surface area contributed by atoms with Gasteiger partial charge in [-0.1, -0.05) is 11.3 Å². The number of carbonyl (C=O) groups excluding carboxylic acids is 1. The van der Waals surface area contributed by atoms with Crippen LogP contribution >= 0.6 is 0 Å². The summed E-state index contributed by atoms with van der Waals surface area (Å²) in [7, 11) is 0. The van der Waals surface area contributed by atoms with Gasteiger partial charge < -0.3 is 10.0 Å². The van der Waals surface area contributed by atoms with E-state index < -0.39 is 5.97 Å². The van der Waals surface area contributed by atoms with E-state index in [9.17, 15) is 9.59 Å². The Morgan fingerprint density at radius 3 is 2.75 bits per heavy atom. The van der Waals surface area contributed by atoms with Gasteiger partial charge in [0.2, 0.25) is 0 Å². The first kappa shape index (κ1) is 18.1. The predicted molar refractivity (Wildman–Crippen MR) is 102 cm³/mol. The van der Waals surface area contributed by atoms with Gasteiger partial charge >= 0.3 is 5.97 Å². The second-order valence-corrected chi connectivity index (χ2v) is 7.15. The molecule has 1 amide bonds. The van der Waals surface area contributed by atoms with Gasteiger partial charge in [-0.2, -0.15) is 0 Å². The standard InChI is InChI=1S/C20H21N5O3/c1-13-19(20(28)24-9-6-14(7-10-24)11-18(26)27)22-23-25(13)16-4-5-17-15(12-16)3-2-8-21-17/h2-5,8,12,14H,6-7,9-11H2,1H3,(H,26,27). The summed E-state index contributed by atoms with van der Waals surface area (Å²) >= 11 is 0. The van der Waals surface area contributed by atoms with Crippen LogP contribution in [-0.4, -0.2) is 55.0 Å². The van der Waals surface area contributed by atoms with Crippen LogP contribution in [0.4, 0.5) is 0 Å². The van der Waals surface area contributed by atoms with Crippen molar-refractivity contribution in [3.63, 3.8) is 0 Å². The lowest BCUT2D eigenvalue weighted by Crippen LogP contribution is -2.39. The monoisotopic (exact) mass is 379 g/mol. The highest BCUT2D eigenvalue weighted by Gasteiger charge is 2.28. The maximum atomic E-state index is 12.9. The number of fused-ring (bicyclic) bond motifs is 1. The molecule has 28 heavy (non-hydrogen) atoms. The Morgan fingerprint density at radius 1 is 1.21 bits per heavy atom. The molecule has 0 atom stereocenters. The van der Waals surface area contributed by atoms with Crippen LogP contribution in [0.5, 0.6) is 0 Å². The summed E-state index contributed by atoms with van der Waals surface area (Å²) in [6.45, 7) is 2.92. The van der Waals surface area contributed by atoms with Crippen molar-refractivity contribution in [3.8, 4) is 5.69 Å². The molecule has 0 radical (unpaired) electrons. The molecule has 1 aliphatic heterocycles. The third-order valence-electron chi connectivity index (χ3n) is 5.29. The summed E-state index contributed by atoms with van der Waals surface area (Å²) < 4.78 is 1.66. The number of amides is 1. The topological polar surface area (TPSA) is 101 Å². The summed E-state index contributed by atoms with van der Waals surface area (Å²) in [4.78, 5) is 29.8. The molecule has 0 bridgehead atoms. The van der Waals surface area contributed by atoms with Crippen LogP contribution in [0, 0.1) is 12.8 Å². The van der Waals surface area contributed by atoms with Gasteiger partial charge in [-0.25, -0.2) is 4.68 Å². The Labute approximate surface area is 161 Å². The van der Waals surface area contributed by atoms with E-state index >= 15 is 0 Å². The van der Waals surface area contributed by atoms with Gasteiger partial charge in [0.1, 0.15) is 0 Å². The molecule has 1 N–H and O–H groups in total. The normalized spacial score (nSPS) is 15.1. The number of carboxylic acids is 1. The summed E-state index contributed by atoms with van der Waals surface area (Å²) in [5.41, 5.74) is 2.73. The fourth-order valence-electron chi connectivity index (χ4n) is 3.70. The number of benzene rings is 1. The van der Waals surface area contributed by atoms with E-state index in [0.29, 0.717) is 37.3 Å². The fraction of sp³-hybridized carbons (Fsp3) is 0.350. The lowest BCUT2D eigenvalue weighted by molar-refractivity contribution is -0.138. The maximum Gasteiger partial charge on any atom is 0.303 e. The van der Waals surface area contributed by atoms with Crippen LogP contribution in [0.15, 0.2) is 36.5 Å². The molecule has 1 aliphatic rings. The Morgan fingerprint density at radius 2 is 2.00 bits per heavy atom. The van der Waals surface area contributed by atoms with Crippen molar-refractivity contribution in [2.45, 2.75) is 26.2 Å². The molecule has 0 unspecified atom stereocenters. The minimum atomic E-state index is -0.783. The molecule has 1 aromatic carbocycles. The first-order valence-corrected chi connectivity index (χ1v) is 9.31. The van der Waals surface area contributed by atoms with Crippen LogP contribution in [0.1, 0.15) is 35.4 Å². The SMILES string of the molecule is Cc1c(C(=O)N2CCC(CC(=O)O)CC2)nnn1-c1ccc2ncccc2c1. The van der Waals surface area contributed by atoms with Crippen molar-refractivity contribution >= 4 is 22.8 Å². The third-order valence-corrected chi connectivity index (χ3v) is 5.29. The van der Waals surface area contributed by atoms with Gasteiger partial charge in [0.05, 0.1) is 16.9 Å².